The fourth-order valence-electron chi connectivity index (χ4n) is 4.47. The topological polar surface area (TPSA) is 93.3 Å². The molecule has 29 heavy (non-hydrogen) atoms. The third-order valence-corrected chi connectivity index (χ3v) is 6.22. The summed E-state index contributed by atoms with van der Waals surface area (Å²) < 4.78 is 6.45. The molecule has 1 aliphatic carbocycles. The van der Waals surface area contributed by atoms with Crippen LogP contribution < -0.4 is 15.8 Å². The molecule has 2 aromatic heterocycles. The van der Waals surface area contributed by atoms with Crippen LogP contribution in [0.1, 0.15) is 31.2 Å². The number of benzene rings is 1. The van der Waals surface area contributed by atoms with Crippen LogP contribution in [-0.2, 0) is 11.3 Å². The van der Waals surface area contributed by atoms with Crippen LogP contribution in [0.15, 0.2) is 39.9 Å². The summed E-state index contributed by atoms with van der Waals surface area (Å²) in [5, 5.41) is 7.34. The number of aromatic nitrogens is 3. The minimum absolute atomic E-state index is 0.137. The van der Waals surface area contributed by atoms with Crippen LogP contribution in [0.5, 0.6) is 0 Å². The molecule has 3 aromatic rings. The zero-order valence-electron chi connectivity index (χ0n) is 16.4. The predicted octanol–water partition coefficient (Wildman–Crippen LogP) is 2.71. The van der Waals surface area contributed by atoms with Gasteiger partial charge in [0.2, 0.25) is 5.91 Å². The summed E-state index contributed by atoms with van der Waals surface area (Å²) in [6.07, 6.45) is 6.40. The van der Waals surface area contributed by atoms with Crippen LogP contribution >= 0.6 is 0 Å². The summed E-state index contributed by atoms with van der Waals surface area (Å²) in [4.78, 5) is 31.3. The SMILES string of the molecule is Cc1cc(=O)n(CC(=O)Nc2ccc3ocnc3c2)nc1N1CCC2(CCC2)C1. The fourth-order valence-corrected chi connectivity index (χ4v) is 4.47. The summed E-state index contributed by atoms with van der Waals surface area (Å²) in [7, 11) is 0. The summed E-state index contributed by atoms with van der Waals surface area (Å²) >= 11 is 0. The first-order chi connectivity index (χ1) is 14.0. The third-order valence-electron chi connectivity index (χ3n) is 6.22. The number of fused-ring (bicyclic) bond motifs is 1. The normalized spacial score (nSPS) is 17.6. The molecule has 0 bridgehead atoms. The Morgan fingerprint density at radius 1 is 1.28 bits per heavy atom. The molecule has 1 saturated carbocycles. The average Bonchev–Trinajstić information content (AvgIpc) is 3.30. The Morgan fingerprint density at radius 2 is 2.14 bits per heavy atom. The number of anilines is 2. The van der Waals surface area contributed by atoms with Crippen molar-refractivity contribution >= 4 is 28.5 Å². The first-order valence-electron chi connectivity index (χ1n) is 9.98. The Labute approximate surface area is 167 Å². The summed E-state index contributed by atoms with van der Waals surface area (Å²) in [6.45, 7) is 3.72. The van der Waals surface area contributed by atoms with Crippen LogP contribution in [0.3, 0.4) is 0 Å². The van der Waals surface area contributed by atoms with E-state index in [2.05, 4.69) is 20.3 Å². The Hall–Kier alpha value is -3.16. The van der Waals surface area contributed by atoms with Gasteiger partial charge in [0.1, 0.15) is 12.1 Å². The molecule has 150 valence electrons. The summed E-state index contributed by atoms with van der Waals surface area (Å²) in [5.41, 5.74) is 2.94. The summed E-state index contributed by atoms with van der Waals surface area (Å²) in [5.74, 6) is 0.499. The lowest BCUT2D eigenvalue weighted by Gasteiger charge is -2.38. The maximum Gasteiger partial charge on any atom is 0.267 e. The molecule has 5 rings (SSSR count). The lowest BCUT2D eigenvalue weighted by Crippen LogP contribution is -2.35. The minimum Gasteiger partial charge on any atom is -0.443 e. The van der Waals surface area contributed by atoms with Gasteiger partial charge in [0.05, 0.1) is 0 Å². The van der Waals surface area contributed by atoms with Crippen molar-refractivity contribution < 1.29 is 9.21 Å². The molecular weight excluding hydrogens is 370 g/mol. The monoisotopic (exact) mass is 393 g/mol. The van der Waals surface area contributed by atoms with Crippen LogP contribution in [0.2, 0.25) is 0 Å². The number of carbonyl (C=O) groups excluding carboxylic acids is 1. The first-order valence-corrected chi connectivity index (χ1v) is 9.98. The molecule has 1 N–H and O–H groups in total. The van der Waals surface area contributed by atoms with Gasteiger partial charge in [0, 0.05) is 24.8 Å². The molecule has 0 radical (unpaired) electrons. The highest BCUT2D eigenvalue weighted by atomic mass is 16.3. The van der Waals surface area contributed by atoms with E-state index in [9.17, 15) is 9.59 Å². The van der Waals surface area contributed by atoms with Crippen molar-refractivity contribution in [2.75, 3.05) is 23.3 Å². The number of hydrogen-bond donors (Lipinski definition) is 1. The van der Waals surface area contributed by atoms with Crippen molar-refractivity contribution in [1.29, 1.82) is 0 Å². The van der Waals surface area contributed by atoms with Crippen molar-refractivity contribution in [3.05, 3.63) is 46.6 Å². The predicted molar refractivity (Wildman–Crippen MR) is 109 cm³/mol. The highest BCUT2D eigenvalue weighted by Crippen LogP contribution is 2.48. The average molecular weight is 393 g/mol. The lowest BCUT2D eigenvalue weighted by atomic mass is 9.68. The van der Waals surface area contributed by atoms with E-state index in [1.54, 1.807) is 24.3 Å². The number of nitrogens with one attached hydrogen (secondary N) is 1. The second-order valence-corrected chi connectivity index (χ2v) is 8.25. The maximum absolute atomic E-state index is 12.5. The number of amides is 1. The summed E-state index contributed by atoms with van der Waals surface area (Å²) in [6, 6.07) is 6.79. The van der Waals surface area contributed by atoms with Gasteiger partial charge in [-0.3, -0.25) is 9.59 Å². The van der Waals surface area contributed by atoms with E-state index in [1.807, 2.05) is 6.92 Å². The maximum atomic E-state index is 12.5. The number of oxazole rings is 1. The second kappa shape index (κ2) is 6.72. The van der Waals surface area contributed by atoms with E-state index >= 15 is 0 Å². The van der Waals surface area contributed by atoms with Gasteiger partial charge in [0.15, 0.2) is 17.8 Å². The van der Waals surface area contributed by atoms with Gasteiger partial charge in [-0.05, 0) is 55.4 Å². The molecule has 1 saturated heterocycles. The van der Waals surface area contributed by atoms with Crippen molar-refractivity contribution in [1.82, 2.24) is 14.8 Å². The molecule has 0 atom stereocenters. The smallest absolute Gasteiger partial charge is 0.267 e. The molecule has 0 unspecified atom stereocenters. The quantitative estimate of drug-likeness (QED) is 0.733. The Kier molecular flexibility index (Phi) is 4.15. The van der Waals surface area contributed by atoms with Crippen molar-refractivity contribution in [3.8, 4) is 0 Å². The van der Waals surface area contributed by atoms with E-state index in [0.29, 0.717) is 22.2 Å². The molecule has 1 amide bonds. The van der Waals surface area contributed by atoms with E-state index in [1.165, 1.54) is 36.8 Å². The van der Waals surface area contributed by atoms with Gasteiger partial charge in [0.25, 0.3) is 5.56 Å². The molecule has 8 nitrogen and oxygen atoms in total. The van der Waals surface area contributed by atoms with E-state index < -0.39 is 0 Å². The zero-order valence-corrected chi connectivity index (χ0v) is 16.4. The number of carbonyl (C=O) groups is 1. The number of aryl methyl sites for hydroxylation is 1. The second-order valence-electron chi connectivity index (χ2n) is 8.25. The van der Waals surface area contributed by atoms with Crippen molar-refractivity contribution in [2.45, 2.75) is 39.2 Å². The standard InChI is InChI=1S/C21H23N5O3/c1-14-9-19(28)26(24-20(14)25-8-7-21(12-25)5-2-6-21)11-18(27)23-15-3-4-17-16(10-15)22-13-29-17/h3-4,9-10,13H,2,5-8,11-12H2,1H3,(H,23,27). The zero-order chi connectivity index (χ0) is 20.0. The number of nitrogens with zero attached hydrogens (tertiary/aromatic N) is 4. The van der Waals surface area contributed by atoms with Gasteiger partial charge >= 0.3 is 0 Å². The van der Waals surface area contributed by atoms with Crippen molar-refractivity contribution in [2.24, 2.45) is 5.41 Å². The van der Waals surface area contributed by atoms with Crippen LogP contribution in [0.25, 0.3) is 11.1 Å². The van der Waals surface area contributed by atoms with Gasteiger partial charge in [-0.2, -0.15) is 5.10 Å². The van der Waals surface area contributed by atoms with E-state index in [-0.39, 0.29) is 18.0 Å². The van der Waals surface area contributed by atoms with Crippen LogP contribution in [0, 0.1) is 12.3 Å². The van der Waals surface area contributed by atoms with Gasteiger partial charge in [-0.1, -0.05) is 6.42 Å². The minimum atomic E-state index is -0.311. The highest BCUT2D eigenvalue weighted by Gasteiger charge is 2.43. The molecule has 1 aliphatic heterocycles. The highest BCUT2D eigenvalue weighted by molar-refractivity contribution is 5.92. The number of rotatable bonds is 4. The first kappa shape index (κ1) is 17.9. The van der Waals surface area contributed by atoms with Crippen LogP contribution in [-0.4, -0.2) is 33.8 Å². The van der Waals surface area contributed by atoms with Gasteiger partial charge in [-0.25, -0.2) is 9.67 Å². The van der Waals surface area contributed by atoms with Gasteiger partial charge < -0.3 is 14.6 Å². The van der Waals surface area contributed by atoms with Gasteiger partial charge in [-0.15, -0.1) is 0 Å². The molecule has 1 aromatic carbocycles. The largest absolute Gasteiger partial charge is 0.443 e. The fraction of sp³-hybridized carbons (Fsp3) is 0.429. The molecule has 1 spiro atoms. The molecule has 3 heterocycles. The van der Waals surface area contributed by atoms with E-state index in [0.717, 1.165) is 24.5 Å². The third kappa shape index (κ3) is 3.28. The van der Waals surface area contributed by atoms with E-state index in [4.69, 9.17) is 4.42 Å². The Balaban J connectivity index is 1.33. The Morgan fingerprint density at radius 3 is 2.90 bits per heavy atom. The molecular formula is C21H23N5O3. The molecule has 2 fully saturated rings. The lowest BCUT2D eigenvalue weighted by molar-refractivity contribution is -0.117. The molecule has 2 aliphatic rings. The van der Waals surface area contributed by atoms with Crippen LogP contribution in [0.4, 0.5) is 11.5 Å². The molecule has 8 heteroatoms. The number of hydrogen-bond acceptors (Lipinski definition) is 6. The van der Waals surface area contributed by atoms with Crippen molar-refractivity contribution in [3.63, 3.8) is 0 Å². The Bertz CT molecular complexity index is 1140.